The normalized spacial score (nSPS) is 14.0. The molecule has 0 N–H and O–H groups in total. The van der Waals surface area contributed by atoms with Crippen molar-refractivity contribution in [2.45, 2.75) is 45.7 Å². The minimum Gasteiger partial charge on any atom is -0.731 e. The second-order valence-corrected chi connectivity index (χ2v) is 6.96. The highest BCUT2D eigenvalue weighted by Gasteiger charge is 2.45. The molecule has 0 fully saturated rings. The number of imidazole rings is 1. The van der Waals surface area contributed by atoms with E-state index < -0.39 is 34.3 Å². The zero-order valence-corrected chi connectivity index (χ0v) is 15.1. The third-order valence-electron chi connectivity index (χ3n) is 3.73. The molecule has 0 aromatic carbocycles. The number of ether oxygens (including phenoxy) is 1. The Morgan fingerprint density at radius 3 is 2.50 bits per heavy atom. The SMILES string of the molecule is CCCC[n+]1ccn([C@@](C)(CN(C(C)=O)S(=O)(=O)[O-])C(=O)OC)c1. The Kier molecular flexibility index (Phi) is 6.50. The van der Waals surface area contributed by atoms with Gasteiger partial charge in [-0.3, -0.25) is 4.79 Å². The molecule has 0 aliphatic rings. The van der Waals surface area contributed by atoms with Gasteiger partial charge in [0.15, 0.2) is 10.3 Å². The van der Waals surface area contributed by atoms with Gasteiger partial charge in [-0.05, 0) is 13.3 Å². The van der Waals surface area contributed by atoms with E-state index in [0.717, 1.165) is 33.4 Å². The number of aryl methyl sites for hydroxylation is 1. The largest absolute Gasteiger partial charge is 0.731 e. The molecule has 24 heavy (non-hydrogen) atoms. The van der Waals surface area contributed by atoms with Crippen LogP contribution >= 0.6 is 0 Å². The van der Waals surface area contributed by atoms with Crippen LogP contribution in [0.15, 0.2) is 18.7 Å². The van der Waals surface area contributed by atoms with Crippen LogP contribution < -0.4 is 4.57 Å². The molecule has 9 nitrogen and oxygen atoms in total. The third kappa shape index (κ3) is 4.54. The van der Waals surface area contributed by atoms with Crippen molar-refractivity contribution in [2.24, 2.45) is 0 Å². The Balaban J connectivity index is 3.26. The van der Waals surface area contributed by atoms with Gasteiger partial charge in [0, 0.05) is 6.92 Å². The summed E-state index contributed by atoms with van der Waals surface area (Å²) in [4.78, 5) is 23.8. The van der Waals surface area contributed by atoms with E-state index in [1.54, 1.807) is 18.7 Å². The molecule has 10 heteroatoms. The lowest BCUT2D eigenvalue weighted by Gasteiger charge is -2.31. The molecule has 0 spiro atoms. The third-order valence-corrected chi connectivity index (χ3v) is 4.66. The highest BCUT2D eigenvalue weighted by molar-refractivity contribution is 7.83. The first-order valence-corrected chi connectivity index (χ1v) is 8.82. The van der Waals surface area contributed by atoms with E-state index in [2.05, 4.69) is 0 Å². The first-order chi connectivity index (χ1) is 11.1. The highest BCUT2D eigenvalue weighted by Crippen LogP contribution is 2.21. The molecular formula is C14H23N3O6S. The van der Waals surface area contributed by atoms with Gasteiger partial charge in [0.1, 0.15) is 12.4 Å². The molecular weight excluding hydrogens is 338 g/mol. The summed E-state index contributed by atoms with van der Waals surface area (Å²) in [7, 11) is -3.90. The average molecular weight is 361 g/mol. The van der Waals surface area contributed by atoms with Crippen LogP contribution in [0.4, 0.5) is 0 Å². The van der Waals surface area contributed by atoms with Gasteiger partial charge in [-0.1, -0.05) is 13.3 Å². The number of esters is 1. The maximum atomic E-state index is 12.3. The Bertz CT molecular complexity index is 699. The molecule has 1 rings (SSSR count). The summed E-state index contributed by atoms with van der Waals surface area (Å²) in [6.07, 6.45) is 6.82. The lowest BCUT2D eigenvalue weighted by Crippen LogP contribution is -2.52. The molecule has 0 unspecified atom stereocenters. The van der Waals surface area contributed by atoms with Crippen LogP contribution in [-0.2, 0) is 36.7 Å². The topological polar surface area (TPSA) is 113 Å². The van der Waals surface area contributed by atoms with E-state index in [0.29, 0.717) is 0 Å². The van der Waals surface area contributed by atoms with Crippen molar-refractivity contribution in [3.05, 3.63) is 18.7 Å². The fraction of sp³-hybridized carbons (Fsp3) is 0.643. The maximum absolute atomic E-state index is 12.3. The summed E-state index contributed by atoms with van der Waals surface area (Å²) in [5, 5.41) is 0. The quantitative estimate of drug-likeness (QED) is 0.359. The van der Waals surface area contributed by atoms with Crippen molar-refractivity contribution < 1.29 is 31.9 Å². The monoisotopic (exact) mass is 361 g/mol. The lowest BCUT2D eigenvalue weighted by molar-refractivity contribution is -0.697. The lowest BCUT2D eigenvalue weighted by atomic mass is 10.0. The van der Waals surface area contributed by atoms with Gasteiger partial charge in [0.25, 0.3) is 0 Å². The number of carbonyl (C=O) groups excluding carboxylic acids is 2. The summed E-state index contributed by atoms with van der Waals surface area (Å²) in [5.41, 5.74) is -1.56. The van der Waals surface area contributed by atoms with E-state index in [9.17, 15) is 22.6 Å². The predicted octanol–water partition coefficient (Wildman–Crippen LogP) is -0.227. The van der Waals surface area contributed by atoms with Crippen LogP contribution in [0.25, 0.3) is 0 Å². The molecule has 1 aromatic heterocycles. The zero-order valence-electron chi connectivity index (χ0n) is 14.3. The van der Waals surface area contributed by atoms with Crippen molar-refractivity contribution in [3.8, 4) is 0 Å². The van der Waals surface area contributed by atoms with Crippen molar-refractivity contribution in [1.29, 1.82) is 0 Å². The van der Waals surface area contributed by atoms with Crippen molar-refractivity contribution in [2.75, 3.05) is 13.7 Å². The molecule has 0 saturated carbocycles. The fourth-order valence-corrected chi connectivity index (χ4v) is 2.98. The predicted molar refractivity (Wildman–Crippen MR) is 82.3 cm³/mol. The van der Waals surface area contributed by atoms with Gasteiger partial charge >= 0.3 is 5.97 Å². The van der Waals surface area contributed by atoms with Crippen LogP contribution in [0.5, 0.6) is 0 Å². The van der Waals surface area contributed by atoms with E-state index in [-0.39, 0.29) is 4.31 Å². The first-order valence-electron chi connectivity index (χ1n) is 7.46. The average Bonchev–Trinajstić information content (AvgIpc) is 2.97. The number of rotatable bonds is 8. The molecule has 1 atom stereocenters. The van der Waals surface area contributed by atoms with Crippen LogP contribution in [0, 0.1) is 0 Å². The van der Waals surface area contributed by atoms with E-state index in [1.807, 2.05) is 11.5 Å². The number of aromatic nitrogens is 2. The smallest absolute Gasteiger partial charge is 0.356 e. The summed E-state index contributed by atoms with van der Waals surface area (Å²) in [5.74, 6) is -1.73. The van der Waals surface area contributed by atoms with E-state index in [1.165, 1.54) is 11.5 Å². The summed E-state index contributed by atoms with van der Waals surface area (Å²) in [6, 6.07) is 0. The number of unbranched alkanes of at least 4 members (excludes halogenated alkanes) is 1. The Hall–Kier alpha value is -1.94. The van der Waals surface area contributed by atoms with Crippen molar-refractivity contribution >= 4 is 22.2 Å². The Morgan fingerprint density at radius 2 is 2.04 bits per heavy atom. The van der Waals surface area contributed by atoms with Gasteiger partial charge in [-0.25, -0.2) is 26.7 Å². The molecule has 1 heterocycles. The highest BCUT2D eigenvalue weighted by atomic mass is 32.2. The number of carbonyl (C=O) groups is 2. The second-order valence-electron chi connectivity index (χ2n) is 5.66. The first kappa shape index (κ1) is 20.1. The summed E-state index contributed by atoms with van der Waals surface area (Å²) < 4.78 is 42.1. The summed E-state index contributed by atoms with van der Waals surface area (Å²) >= 11 is 0. The van der Waals surface area contributed by atoms with Gasteiger partial charge in [-0.15, -0.1) is 0 Å². The molecule has 0 aliphatic carbocycles. The standard InChI is InChI=1S/C14H23N3O6S/c1-5-6-7-15-8-9-16(11-15)14(3,13(19)23-4)10-17(12(2)18)24(20,21)22/h8-9,11H,5-7,10H2,1-4H3/t14-/m0/s1. The Morgan fingerprint density at radius 1 is 1.42 bits per heavy atom. The van der Waals surface area contributed by atoms with Crippen LogP contribution in [0.3, 0.4) is 0 Å². The Labute approximate surface area is 141 Å². The second kappa shape index (κ2) is 7.75. The van der Waals surface area contributed by atoms with Crippen molar-refractivity contribution in [3.63, 3.8) is 0 Å². The molecule has 0 aliphatic heterocycles. The molecule has 0 radical (unpaired) electrons. The van der Waals surface area contributed by atoms with Gasteiger partial charge in [0.2, 0.25) is 17.8 Å². The maximum Gasteiger partial charge on any atom is 0.356 e. The number of nitrogens with zero attached hydrogens (tertiary/aromatic N) is 3. The number of hydrogen-bond donors (Lipinski definition) is 0. The molecule has 1 aromatic rings. The minimum absolute atomic E-state index is 0.125. The molecule has 136 valence electrons. The van der Waals surface area contributed by atoms with Gasteiger partial charge in [0.05, 0.1) is 20.2 Å². The number of methoxy groups -OCH3 is 1. The van der Waals surface area contributed by atoms with Gasteiger partial charge < -0.3 is 9.29 Å². The fourth-order valence-electron chi connectivity index (χ4n) is 2.26. The van der Waals surface area contributed by atoms with E-state index >= 15 is 0 Å². The molecule has 1 amide bonds. The summed E-state index contributed by atoms with van der Waals surface area (Å²) in [6.45, 7) is 4.47. The molecule has 0 saturated heterocycles. The van der Waals surface area contributed by atoms with Crippen molar-refractivity contribution in [1.82, 2.24) is 8.87 Å². The number of hydrogen-bond acceptors (Lipinski definition) is 6. The zero-order chi connectivity index (χ0) is 18.5. The number of amides is 1. The van der Waals surface area contributed by atoms with Crippen LogP contribution in [0.2, 0.25) is 0 Å². The van der Waals surface area contributed by atoms with Crippen LogP contribution in [-0.4, -0.2) is 47.4 Å². The minimum atomic E-state index is -5.05. The van der Waals surface area contributed by atoms with E-state index in [4.69, 9.17) is 4.74 Å². The van der Waals surface area contributed by atoms with Crippen LogP contribution in [0.1, 0.15) is 33.6 Å². The van der Waals surface area contributed by atoms with Gasteiger partial charge in [-0.2, -0.15) is 0 Å². The molecule has 0 bridgehead atoms.